The van der Waals surface area contributed by atoms with Gasteiger partial charge in [0.25, 0.3) is 0 Å². The van der Waals surface area contributed by atoms with Gasteiger partial charge in [0.2, 0.25) is 0 Å². The Morgan fingerprint density at radius 1 is 1.44 bits per heavy atom. The average Bonchev–Trinajstić information content (AvgIpc) is 1.76. The van der Waals surface area contributed by atoms with Crippen molar-refractivity contribution in [2.24, 2.45) is 0 Å². The molecule has 0 spiro atoms. The van der Waals surface area contributed by atoms with Crippen LogP contribution >= 0.6 is 0 Å². The SMILES string of the molecule is CN(C)c1cc2ncc1-2. The lowest BCUT2D eigenvalue weighted by Gasteiger charge is -2.24. The summed E-state index contributed by atoms with van der Waals surface area (Å²) in [7, 11) is 4.09. The second kappa shape index (κ2) is 1.26. The number of anilines is 1. The Morgan fingerprint density at radius 2 is 2.22 bits per heavy atom. The Hall–Kier alpha value is -1.05. The highest BCUT2D eigenvalue weighted by atomic mass is 15.1. The minimum atomic E-state index is 1.17. The minimum Gasteiger partial charge on any atom is -0.377 e. The van der Waals surface area contributed by atoms with Gasteiger partial charge in [-0.05, 0) is 6.07 Å². The van der Waals surface area contributed by atoms with E-state index in [4.69, 9.17) is 0 Å². The van der Waals surface area contributed by atoms with Gasteiger partial charge in [0, 0.05) is 31.5 Å². The second-order valence-corrected chi connectivity index (χ2v) is 2.48. The first-order chi connectivity index (χ1) is 4.29. The Balaban J connectivity index is 2.40. The van der Waals surface area contributed by atoms with E-state index >= 15 is 0 Å². The summed E-state index contributed by atoms with van der Waals surface area (Å²) in [5.41, 5.74) is 3.79. The lowest BCUT2D eigenvalue weighted by atomic mass is 10.0. The molecule has 0 aromatic heterocycles. The third-order valence-electron chi connectivity index (χ3n) is 1.64. The Labute approximate surface area is 54.1 Å². The highest BCUT2D eigenvalue weighted by Gasteiger charge is 2.19. The first-order valence-electron chi connectivity index (χ1n) is 2.97. The van der Waals surface area contributed by atoms with E-state index in [1.54, 1.807) is 0 Å². The standard InChI is InChI=1S/C7H8N2/c1-9(2)7-3-6-5(7)4-8-6/h3-4H,1-2H3. The fraction of sp³-hybridized carbons (Fsp3) is 0.286. The number of hydrogen-bond donors (Lipinski definition) is 0. The van der Waals surface area contributed by atoms with Gasteiger partial charge in [0.1, 0.15) is 0 Å². The lowest BCUT2D eigenvalue weighted by Crippen LogP contribution is -2.15. The number of pyridine rings is 1. The molecule has 0 atom stereocenters. The molecule has 0 unspecified atom stereocenters. The van der Waals surface area contributed by atoms with Gasteiger partial charge in [-0.1, -0.05) is 0 Å². The van der Waals surface area contributed by atoms with Gasteiger partial charge in [0.15, 0.2) is 0 Å². The molecule has 0 saturated carbocycles. The van der Waals surface area contributed by atoms with Gasteiger partial charge >= 0.3 is 0 Å². The number of hydrogen-bond acceptors (Lipinski definition) is 2. The third kappa shape index (κ3) is 0.428. The van der Waals surface area contributed by atoms with Gasteiger partial charge < -0.3 is 4.90 Å². The third-order valence-corrected chi connectivity index (χ3v) is 1.64. The van der Waals surface area contributed by atoms with E-state index in [0.717, 1.165) is 0 Å². The maximum absolute atomic E-state index is 4.02. The number of rotatable bonds is 1. The van der Waals surface area contributed by atoms with Crippen LogP contribution in [-0.2, 0) is 0 Å². The summed E-state index contributed by atoms with van der Waals surface area (Å²) >= 11 is 0. The minimum absolute atomic E-state index is 1.17. The van der Waals surface area contributed by atoms with Gasteiger partial charge in [-0.25, -0.2) is 0 Å². The molecule has 0 bridgehead atoms. The zero-order valence-corrected chi connectivity index (χ0v) is 5.55. The molecule has 1 heterocycles. The van der Waals surface area contributed by atoms with Crippen molar-refractivity contribution in [1.82, 2.24) is 4.98 Å². The zero-order chi connectivity index (χ0) is 6.43. The molecular formula is C7H8N2. The van der Waals surface area contributed by atoms with Crippen LogP contribution in [0.3, 0.4) is 0 Å². The van der Waals surface area contributed by atoms with Crippen LogP contribution in [-0.4, -0.2) is 19.1 Å². The molecular weight excluding hydrogens is 112 g/mol. The molecule has 0 aromatic carbocycles. The first kappa shape index (κ1) is 4.79. The van der Waals surface area contributed by atoms with Crippen molar-refractivity contribution in [2.45, 2.75) is 0 Å². The van der Waals surface area contributed by atoms with Crippen LogP contribution in [0.4, 0.5) is 5.69 Å². The van der Waals surface area contributed by atoms with Gasteiger partial charge in [-0.3, -0.25) is 4.98 Å². The maximum atomic E-state index is 4.02. The maximum Gasteiger partial charge on any atom is 0.0759 e. The average molecular weight is 120 g/mol. The molecule has 1 aliphatic heterocycles. The molecule has 0 saturated heterocycles. The topological polar surface area (TPSA) is 16.1 Å². The van der Waals surface area contributed by atoms with Crippen LogP contribution in [0.25, 0.3) is 11.3 Å². The van der Waals surface area contributed by atoms with Crippen molar-refractivity contribution in [3.8, 4) is 11.3 Å². The summed E-state index contributed by atoms with van der Waals surface area (Å²) in [6.45, 7) is 0. The highest BCUT2D eigenvalue weighted by molar-refractivity contribution is 5.87. The molecule has 1 aliphatic carbocycles. The van der Waals surface area contributed by atoms with Crippen LogP contribution in [0.2, 0.25) is 0 Å². The summed E-state index contributed by atoms with van der Waals surface area (Å²) in [5, 5.41) is 0. The molecule has 9 heavy (non-hydrogen) atoms. The smallest absolute Gasteiger partial charge is 0.0759 e. The molecule has 2 rings (SSSR count). The molecule has 2 heteroatoms. The summed E-state index contributed by atoms with van der Waals surface area (Å²) in [4.78, 5) is 6.12. The van der Waals surface area contributed by atoms with E-state index in [1.807, 2.05) is 20.3 Å². The van der Waals surface area contributed by atoms with Crippen molar-refractivity contribution < 1.29 is 0 Å². The number of aromatic nitrogens is 1. The van der Waals surface area contributed by atoms with Crippen LogP contribution in [0.1, 0.15) is 0 Å². The zero-order valence-electron chi connectivity index (χ0n) is 5.55. The van der Waals surface area contributed by atoms with E-state index in [1.165, 1.54) is 16.9 Å². The normalized spacial score (nSPS) is 11.3. The van der Waals surface area contributed by atoms with E-state index < -0.39 is 0 Å². The second-order valence-electron chi connectivity index (χ2n) is 2.48. The number of fused-ring (bicyclic) bond motifs is 1. The Morgan fingerprint density at radius 3 is 2.33 bits per heavy atom. The van der Waals surface area contributed by atoms with Crippen LogP contribution in [0.15, 0.2) is 12.3 Å². The molecule has 2 nitrogen and oxygen atoms in total. The van der Waals surface area contributed by atoms with Crippen molar-refractivity contribution >= 4 is 5.69 Å². The summed E-state index contributed by atoms with van der Waals surface area (Å²) < 4.78 is 0. The highest BCUT2D eigenvalue weighted by Crippen LogP contribution is 2.39. The monoisotopic (exact) mass is 120 g/mol. The predicted octanol–water partition coefficient (Wildman–Crippen LogP) is 1.13. The van der Waals surface area contributed by atoms with E-state index in [0.29, 0.717) is 0 Å². The van der Waals surface area contributed by atoms with Gasteiger partial charge in [-0.2, -0.15) is 0 Å². The van der Waals surface area contributed by atoms with Crippen molar-refractivity contribution in [1.29, 1.82) is 0 Å². The lowest BCUT2D eigenvalue weighted by molar-refractivity contribution is 1.09. The van der Waals surface area contributed by atoms with Crippen molar-refractivity contribution in [3.63, 3.8) is 0 Å². The summed E-state index contributed by atoms with van der Waals surface area (Å²) in [6, 6.07) is 2.09. The fourth-order valence-corrected chi connectivity index (χ4v) is 1.02. The van der Waals surface area contributed by atoms with E-state index in [-0.39, 0.29) is 0 Å². The summed E-state index contributed by atoms with van der Waals surface area (Å²) in [6.07, 6.45) is 1.91. The molecule has 0 N–H and O–H groups in total. The molecule has 46 valence electrons. The molecule has 0 amide bonds. The quantitative estimate of drug-likeness (QED) is 0.560. The van der Waals surface area contributed by atoms with E-state index in [9.17, 15) is 0 Å². The van der Waals surface area contributed by atoms with E-state index in [2.05, 4.69) is 16.0 Å². The summed E-state index contributed by atoms with van der Waals surface area (Å²) in [5.74, 6) is 0. The molecule has 0 aromatic rings. The fourth-order valence-electron chi connectivity index (χ4n) is 1.02. The predicted molar refractivity (Wildman–Crippen MR) is 37.6 cm³/mol. The van der Waals surface area contributed by atoms with Crippen molar-refractivity contribution in [3.05, 3.63) is 12.3 Å². The molecule has 0 radical (unpaired) electrons. The molecule has 0 fully saturated rings. The van der Waals surface area contributed by atoms with Crippen molar-refractivity contribution in [2.75, 3.05) is 19.0 Å². The van der Waals surface area contributed by atoms with Crippen LogP contribution < -0.4 is 4.90 Å². The van der Waals surface area contributed by atoms with Crippen LogP contribution in [0.5, 0.6) is 0 Å². The Kier molecular flexibility index (Phi) is 0.673. The largest absolute Gasteiger partial charge is 0.377 e. The molecule has 2 aliphatic rings. The Bertz CT molecular complexity index is 253. The van der Waals surface area contributed by atoms with Crippen LogP contribution in [0, 0.1) is 0 Å². The first-order valence-corrected chi connectivity index (χ1v) is 2.97. The van der Waals surface area contributed by atoms with Gasteiger partial charge in [-0.15, -0.1) is 0 Å². The van der Waals surface area contributed by atoms with Gasteiger partial charge in [0.05, 0.1) is 5.69 Å². The number of nitrogens with zero attached hydrogens (tertiary/aromatic N) is 2.